The Kier molecular flexibility index (Phi) is 5.73. The summed E-state index contributed by atoms with van der Waals surface area (Å²) >= 11 is 6.27. The van der Waals surface area contributed by atoms with Crippen LogP contribution in [0.25, 0.3) is 0 Å². The second-order valence-electron chi connectivity index (χ2n) is 3.95. The van der Waals surface area contributed by atoms with Crippen LogP contribution in [-0.2, 0) is 6.42 Å². The second kappa shape index (κ2) is 6.86. The zero-order chi connectivity index (χ0) is 11.1. The number of hydrogen-bond acceptors (Lipinski definition) is 0. The molecule has 0 aromatic heterocycles. The summed E-state index contributed by atoms with van der Waals surface area (Å²) in [6, 6.07) is 10.6. The minimum atomic E-state index is 1.04. The molecule has 0 atom stereocenters. The summed E-state index contributed by atoms with van der Waals surface area (Å²) in [7, 11) is 1.07. The summed E-state index contributed by atoms with van der Waals surface area (Å²) in [5.74, 6) is 0. The van der Waals surface area contributed by atoms with Crippen molar-refractivity contribution in [3.63, 3.8) is 0 Å². The predicted molar refractivity (Wildman–Crippen MR) is 72.5 cm³/mol. The van der Waals surface area contributed by atoms with Crippen molar-refractivity contribution < 1.29 is 0 Å². The van der Waals surface area contributed by atoms with Crippen LogP contribution in [-0.4, -0.2) is 10.2 Å². The Morgan fingerprint density at radius 2 is 1.93 bits per heavy atom. The maximum absolute atomic E-state index is 6.27. The van der Waals surface area contributed by atoms with Crippen molar-refractivity contribution in [1.29, 1.82) is 0 Å². The van der Waals surface area contributed by atoms with Gasteiger partial charge in [-0.05, 0) is 24.8 Å². The van der Waals surface area contributed by atoms with Crippen LogP contribution in [0.4, 0.5) is 0 Å². The van der Waals surface area contributed by atoms with E-state index in [0.717, 1.165) is 28.1 Å². The molecule has 0 N–H and O–H groups in total. The molecular formula is C13H19ClSi. The fourth-order valence-corrected chi connectivity index (χ4v) is 2.40. The van der Waals surface area contributed by atoms with Gasteiger partial charge in [-0.1, -0.05) is 60.5 Å². The second-order valence-corrected chi connectivity index (χ2v) is 5.61. The standard InChI is InChI=1S/C13H19ClSi/c1-2-3-9-12(14)13(15)10-11-7-5-4-6-8-11/h4-8H,2-3,9-10H2,1,15H3. The van der Waals surface area contributed by atoms with Crippen molar-refractivity contribution in [2.45, 2.75) is 32.6 Å². The summed E-state index contributed by atoms with van der Waals surface area (Å²) < 4.78 is 0. The third kappa shape index (κ3) is 4.67. The van der Waals surface area contributed by atoms with Crippen molar-refractivity contribution >= 4 is 21.8 Å². The number of allylic oxidation sites excluding steroid dienone is 2. The molecular weight excluding hydrogens is 220 g/mol. The molecule has 1 aromatic rings. The fraction of sp³-hybridized carbons (Fsp3) is 0.385. The monoisotopic (exact) mass is 238 g/mol. The van der Waals surface area contributed by atoms with Gasteiger partial charge in [-0.25, -0.2) is 0 Å². The zero-order valence-electron chi connectivity index (χ0n) is 9.59. The molecule has 1 aromatic carbocycles. The van der Waals surface area contributed by atoms with Gasteiger partial charge in [-0.3, -0.25) is 0 Å². The molecule has 0 unspecified atom stereocenters. The van der Waals surface area contributed by atoms with Crippen molar-refractivity contribution in [2.75, 3.05) is 0 Å². The van der Waals surface area contributed by atoms with E-state index in [4.69, 9.17) is 11.6 Å². The molecule has 0 fully saturated rings. The average Bonchev–Trinajstić information content (AvgIpc) is 2.27. The van der Waals surface area contributed by atoms with E-state index in [9.17, 15) is 0 Å². The maximum Gasteiger partial charge on any atom is 0.0352 e. The Bertz CT molecular complexity index is 317. The van der Waals surface area contributed by atoms with Crippen molar-refractivity contribution in [3.8, 4) is 0 Å². The maximum atomic E-state index is 6.27. The van der Waals surface area contributed by atoms with Crippen LogP contribution in [0.15, 0.2) is 40.6 Å². The molecule has 0 amide bonds. The molecule has 2 heteroatoms. The number of halogens is 1. The van der Waals surface area contributed by atoms with E-state index in [0.29, 0.717) is 0 Å². The van der Waals surface area contributed by atoms with Gasteiger partial charge in [0.25, 0.3) is 0 Å². The van der Waals surface area contributed by atoms with Gasteiger partial charge in [0, 0.05) is 15.3 Å². The lowest BCUT2D eigenvalue weighted by Gasteiger charge is -2.05. The van der Waals surface area contributed by atoms with Crippen molar-refractivity contribution in [2.24, 2.45) is 0 Å². The molecule has 1 rings (SSSR count). The lowest BCUT2D eigenvalue weighted by atomic mass is 10.1. The molecule has 0 saturated carbocycles. The van der Waals surface area contributed by atoms with E-state index in [2.05, 4.69) is 37.3 Å². The first kappa shape index (κ1) is 12.5. The van der Waals surface area contributed by atoms with Crippen LogP contribution in [0.5, 0.6) is 0 Å². The minimum Gasteiger partial charge on any atom is -0.0897 e. The van der Waals surface area contributed by atoms with Crippen LogP contribution in [0.3, 0.4) is 0 Å². The Balaban J connectivity index is 2.57. The molecule has 0 heterocycles. The summed E-state index contributed by atoms with van der Waals surface area (Å²) in [5.41, 5.74) is 1.37. The average molecular weight is 239 g/mol. The molecule has 0 radical (unpaired) electrons. The van der Waals surface area contributed by atoms with Gasteiger partial charge in [-0.2, -0.15) is 0 Å². The fourth-order valence-electron chi connectivity index (χ4n) is 1.54. The molecule has 0 aliphatic heterocycles. The lowest BCUT2D eigenvalue weighted by molar-refractivity contribution is 0.804. The smallest absolute Gasteiger partial charge is 0.0352 e. The minimum absolute atomic E-state index is 1.04. The van der Waals surface area contributed by atoms with Crippen molar-refractivity contribution in [1.82, 2.24) is 0 Å². The first-order valence-electron chi connectivity index (χ1n) is 5.62. The molecule has 0 spiro atoms. The molecule has 0 bridgehead atoms. The first-order chi connectivity index (χ1) is 7.24. The first-order valence-corrected chi connectivity index (χ1v) is 7.00. The van der Waals surface area contributed by atoms with Gasteiger partial charge < -0.3 is 0 Å². The van der Waals surface area contributed by atoms with E-state index >= 15 is 0 Å². The molecule has 82 valence electrons. The molecule has 0 aliphatic carbocycles. The van der Waals surface area contributed by atoms with Crippen LogP contribution in [0.1, 0.15) is 31.7 Å². The van der Waals surface area contributed by atoms with Gasteiger partial charge in [0.15, 0.2) is 0 Å². The van der Waals surface area contributed by atoms with E-state index in [-0.39, 0.29) is 0 Å². The quantitative estimate of drug-likeness (QED) is 0.691. The SMILES string of the molecule is CCCCC(Cl)=C([SiH3])Cc1ccccc1. The van der Waals surface area contributed by atoms with Gasteiger partial charge >= 0.3 is 0 Å². The van der Waals surface area contributed by atoms with Crippen LogP contribution in [0, 0.1) is 0 Å². The molecule has 0 saturated heterocycles. The molecule has 15 heavy (non-hydrogen) atoms. The predicted octanol–water partition coefficient (Wildman–Crippen LogP) is 3.24. The van der Waals surface area contributed by atoms with E-state index < -0.39 is 0 Å². The van der Waals surface area contributed by atoms with Crippen molar-refractivity contribution in [3.05, 3.63) is 46.1 Å². The topological polar surface area (TPSA) is 0 Å². The van der Waals surface area contributed by atoms with E-state index in [1.165, 1.54) is 23.6 Å². The third-order valence-corrected chi connectivity index (χ3v) is 4.31. The normalized spacial score (nSPS) is 12.7. The summed E-state index contributed by atoms with van der Waals surface area (Å²) in [6.45, 7) is 2.20. The van der Waals surface area contributed by atoms with Gasteiger partial charge in [0.2, 0.25) is 0 Å². The lowest BCUT2D eigenvalue weighted by Crippen LogP contribution is -1.93. The molecule has 0 nitrogen and oxygen atoms in total. The van der Waals surface area contributed by atoms with Gasteiger partial charge in [0.1, 0.15) is 0 Å². The highest BCUT2D eigenvalue weighted by molar-refractivity contribution is 6.36. The summed E-state index contributed by atoms with van der Waals surface area (Å²) in [6.07, 6.45) is 4.52. The number of benzene rings is 1. The van der Waals surface area contributed by atoms with Crippen LogP contribution in [0.2, 0.25) is 0 Å². The number of rotatable bonds is 5. The Morgan fingerprint density at radius 1 is 1.27 bits per heavy atom. The van der Waals surface area contributed by atoms with Crippen LogP contribution >= 0.6 is 11.6 Å². The Morgan fingerprint density at radius 3 is 2.53 bits per heavy atom. The summed E-state index contributed by atoms with van der Waals surface area (Å²) in [4.78, 5) is 0. The number of hydrogen-bond donors (Lipinski definition) is 0. The largest absolute Gasteiger partial charge is 0.0897 e. The highest BCUT2D eigenvalue weighted by Gasteiger charge is 2.00. The van der Waals surface area contributed by atoms with Gasteiger partial charge in [0.05, 0.1) is 0 Å². The van der Waals surface area contributed by atoms with Gasteiger partial charge in [-0.15, -0.1) is 0 Å². The Labute approximate surface area is 101 Å². The molecule has 0 aliphatic rings. The highest BCUT2D eigenvalue weighted by Crippen LogP contribution is 2.18. The van der Waals surface area contributed by atoms with Crippen LogP contribution < -0.4 is 0 Å². The summed E-state index contributed by atoms with van der Waals surface area (Å²) in [5, 5.41) is 2.55. The number of unbranched alkanes of at least 4 members (excludes halogenated alkanes) is 1. The van der Waals surface area contributed by atoms with E-state index in [1.807, 2.05) is 0 Å². The Hall–Kier alpha value is -0.533. The zero-order valence-corrected chi connectivity index (χ0v) is 12.3. The highest BCUT2D eigenvalue weighted by atomic mass is 35.5. The van der Waals surface area contributed by atoms with E-state index in [1.54, 1.807) is 0 Å². The third-order valence-electron chi connectivity index (χ3n) is 2.53.